The standard InChI is InChI=1S/C15H29N3O2/c1-3-17-10-11-20-14(12-17)15(19)18-8-5-13(6-9-18)4-7-16-2/h13-14,16H,3-12H2,1-2H3. The lowest BCUT2D eigenvalue weighted by Crippen LogP contribution is -2.52. The third kappa shape index (κ3) is 4.17. The molecule has 1 amide bonds. The number of nitrogens with zero attached hydrogens (tertiary/aromatic N) is 2. The minimum Gasteiger partial charge on any atom is -0.366 e. The first kappa shape index (κ1) is 15.7. The number of morpholine rings is 1. The monoisotopic (exact) mass is 283 g/mol. The van der Waals surface area contributed by atoms with Crippen molar-refractivity contribution in [1.82, 2.24) is 15.1 Å². The Morgan fingerprint density at radius 1 is 1.30 bits per heavy atom. The number of nitrogens with one attached hydrogen (secondary N) is 1. The predicted molar refractivity (Wildman–Crippen MR) is 79.7 cm³/mol. The van der Waals surface area contributed by atoms with E-state index in [4.69, 9.17) is 4.74 Å². The molecule has 2 aliphatic heterocycles. The average molecular weight is 283 g/mol. The third-order valence-electron chi connectivity index (χ3n) is 4.60. The molecule has 20 heavy (non-hydrogen) atoms. The Hall–Kier alpha value is -0.650. The zero-order valence-corrected chi connectivity index (χ0v) is 12.9. The van der Waals surface area contributed by atoms with Crippen LogP contribution in [0.2, 0.25) is 0 Å². The van der Waals surface area contributed by atoms with Gasteiger partial charge in [0.2, 0.25) is 0 Å². The van der Waals surface area contributed by atoms with Crippen molar-refractivity contribution >= 4 is 5.91 Å². The van der Waals surface area contributed by atoms with Crippen molar-refractivity contribution in [3.8, 4) is 0 Å². The van der Waals surface area contributed by atoms with Crippen molar-refractivity contribution in [2.75, 3.05) is 52.9 Å². The first-order valence-electron chi connectivity index (χ1n) is 8.02. The summed E-state index contributed by atoms with van der Waals surface area (Å²) in [5.41, 5.74) is 0. The predicted octanol–water partition coefficient (Wildman–Crippen LogP) is 0.555. The zero-order chi connectivity index (χ0) is 14.4. The van der Waals surface area contributed by atoms with Gasteiger partial charge in [0, 0.05) is 26.2 Å². The number of carbonyl (C=O) groups is 1. The molecule has 0 aromatic heterocycles. The average Bonchev–Trinajstić information content (AvgIpc) is 2.52. The summed E-state index contributed by atoms with van der Waals surface area (Å²) < 4.78 is 5.67. The summed E-state index contributed by atoms with van der Waals surface area (Å²) in [5, 5.41) is 3.21. The van der Waals surface area contributed by atoms with E-state index in [1.54, 1.807) is 0 Å². The van der Waals surface area contributed by atoms with Crippen LogP contribution in [0.5, 0.6) is 0 Å². The van der Waals surface area contributed by atoms with Crippen LogP contribution in [-0.4, -0.2) is 74.7 Å². The molecule has 1 atom stereocenters. The van der Waals surface area contributed by atoms with Crippen LogP contribution in [0.1, 0.15) is 26.2 Å². The Kier molecular flexibility index (Phi) is 6.26. The molecule has 5 heteroatoms. The lowest BCUT2D eigenvalue weighted by Gasteiger charge is -2.37. The fourth-order valence-corrected chi connectivity index (χ4v) is 3.13. The molecule has 0 aromatic rings. The second-order valence-corrected chi connectivity index (χ2v) is 5.91. The number of rotatable bonds is 5. The van der Waals surface area contributed by atoms with E-state index < -0.39 is 0 Å². The largest absolute Gasteiger partial charge is 0.366 e. The van der Waals surface area contributed by atoms with E-state index in [9.17, 15) is 4.79 Å². The van der Waals surface area contributed by atoms with Crippen LogP contribution in [0.25, 0.3) is 0 Å². The summed E-state index contributed by atoms with van der Waals surface area (Å²) in [6.07, 6.45) is 3.26. The van der Waals surface area contributed by atoms with Crippen LogP contribution in [0.3, 0.4) is 0 Å². The number of likely N-dealkylation sites (N-methyl/N-ethyl adjacent to an activating group) is 1. The molecule has 0 bridgehead atoms. The van der Waals surface area contributed by atoms with Gasteiger partial charge >= 0.3 is 0 Å². The highest BCUT2D eigenvalue weighted by atomic mass is 16.5. The second kappa shape index (κ2) is 7.96. The highest BCUT2D eigenvalue weighted by Gasteiger charge is 2.31. The van der Waals surface area contributed by atoms with E-state index >= 15 is 0 Å². The van der Waals surface area contributed by atoms with Crippen molar-refractivity contribution in [1.29, 1.82) is 0 Å². The van der Waals surface area contributed by atoms with Crippen molar-refractivity contribution in [3.63, 3.8) is 0 Å². The molecular formula is C15H29N3O2. The minimum atomic E-state index is -0.238. The van der Waals surface area contributed by atoms with E-state index in [2.05, 4.69) is 17.1 Å². The lowest BCUT2D eigenvalue weighted by atomic mass is 9.93. The van der Waals surface area contributed by atoms with Crippen LogP contribution in [0.15, 0.2) is 0 Å². The molecule has 2 heterocycles. The SMILES string of the molecule is CCN1CCOC(C(=O)N2CCC(CCNC)CC2)C1. The quantitative estimate of drug-likeness (QED) is 0.800. The highest BCUT2D eigenvalue weighted by Crippen LogP contribution is 2.21. The summed E-state index contributed by atoms with van der Waals surface area (Å²) in [5.74, 6) is 0.973. The van der Waals surface area contributed by atoms with Gasteiger partial charge in [-0.1, -0.05) is 6.92 Å². The van der Waals surface area contributed by atoms with Crippen molar-refractivity contribution in [2.45, 2.75) is 32.3 Å². The van der Waals surface area contributed by atoms with Gasteiger partial charge < -0.3 is 15.0 Å². The summed E-state index contributed by atoms with van der Waals surface area (Å²) in [6.45, 7) is 8.41. The van der Waals surface area contributed by atoms with Crippen LogP contribution in [-0.2, 0) is 9.53 Å². The van der Waals surface area contributed by atoms with Gasteiger partial charge in [-0.15, -0.1) is 0 Å². The molecule has 2 rings (SSSR count). The zero-order valence-electron chi connectivity index (χ0n) is 12.9. The van der Waals surface area contributed by atoms with Crippen LogP contribution >= 0.6 is 0 Å². The highest BCUT2D eigenvalue weighted by molar-refractivity contribution is 5.81. The van der Waals surface area contributed by atoms with Crippen molar-refractivity contribution in [3.05, 3.63) is 0 Å². The summed E-state index contributed by atoms with van der Waals surface area (Å²) in [7, 11) is 2.00. The fraction of sp³-hybridized carbons (Fsp3) is 0.933. The Labute approximate surface area is 122 Å². The smallest absolute Gasteiger partial charge is 0.253 e. The topological polar surface area (TPSA) is 44.8 Å². The number of carbonyl (C=O) groups excluding carboxylic acids is 1. The molecule has 1 N–H and O–H groups in total. The van der Waals surface area contributed by atoms with Gasteiger partial charge in [-0.2, -0.15) is 0 Å². The lowest BCUT2D eigenvalue weighted by molar-refractivity contribution is -0.150. The van der Waals surface area contributed by atoms with E-state index in [1.165, 1.54) is 6.42 Å². The summed E-state index contributed by atoms with van der Waals surface area (Å²) in [6, 6.07) is 0. The van der Waals surface area contributed by atoms with E-state index in [0.29, 0.717) is 6.61 Å². The maximum Gasteiger partial charge on any atom is 0.253 e. The number of amides is 1. The summed E-state index contributed by atoms with van der Waals surface area (Å²) >= 11 is 0. The van der Waals surface area contributed by atoms with E-state index in [-0.39, 0.29) is 12.0 Å². The molecule has 5 nitrogen and oxygen atoms in total. The van der Waals surface area contributed by atoms with Crippen LogP contribution in [0.4, 0.5) is 0 Å². The van der Waals surface area contributed by atoms with Crippen LogP contribution < -0.4 is 5.32 Å². The Balaban J connectivity index is 1.76. The van der Waals surface area contributed by atoms with Gasteiger partial charge in [-0.25, -0.2) is 0 Å². The molecule has 116 valence electrons. The minimum absolute atomic E-state index is 0.204. The number of ether oxygens (including phenoxy) is 1. The molecule has 0 aromatic carbocycles. The molecule has 0 aliphatic carbocycles. The van der Waals surface area contributed by atoms with Gasteiger partial charge in [-0.05, 0) is 45.3 Å². The van der Waals surface area contributed by atoms with E-state index in [1.807, 2.05) is 11.9 Å². The van der Waals surface area contributed by atoms with Crippen molar-refractivity contribution in [2.24, 2.45) is 5.92 Å². The molecule has 2 saturated heterocycles. The molecule has 0 spiro atoms. The molecule has 0 saturated carbocycles. The maximum atomic E-state index is 12.5. The number of likely N-dealkylation sites (tertiary alicyclic amines) is 1. The third-order valence-corrected chi connectivity index (χ3v) is 4.60. The Morgan fingerprint density at radius 3 is 2.70 bits per heavy atom. The Morgan fingerprint density at radius 2 is 2.05 bits per heavy atom. The summed E-state index contributed by atoms with van der Waals surface area (Å²) in [4.78, 5) is 16.8. The molecule has 0 radical (unpaired) electrons. The molecular weight excluding hydrogens is 254 g/mol. The molecule has 1 unspecified atom stereocenters. The fourth-order valence-electron chi connectivity index (χ4n) is 3.13. The molecule has 2 aliphatic rings. The van der Waals surface area contributed by atoms with Gasteiger partial charge in [0.05, 0.1) is 6.61 Å². The van der Waals surface area contributed by atoms with Gasteiger partial charge in [0.15, 0.2) is 0 Å². The van der Waals surface area contributed by atoms with Gasteiger partial charge in [0.25, 0.3) is 5.91 Å². The van der Waals surface area contributed by atoms with Gasteiger partial charge in [0.1, 0.15) is 6.10 Å². The number of hydrogen-bond donors (Lipinski definition) is 1. The second-order valence-electron chi connectivity index (χ2n) is 5.91. The van der Waals surface area contributed by atoms with Crippen LogP contribution in [0, 0.1) is 5.92 Å². The first-order chi connectivity index (χ1) is 9.74. The normalized spacial score (nSPS) is 25.9. The van der Waals surface area contributed by atoms with Gasteiger partial charge in [-0.3, -0.25) is 9.69 Å². The van der Waals surface area contributed by atoms with E-state index in [0.717, 1.165) is 58.0 Å². The first-order valence-corrected chi connectivity index (χ1v) is 8.02. The Bertz CT molecular complexity index is 303. The maximum absolute atomic E-state index is 12.5. The molecule has 2 fully saturated rings. The van der Waals surface area contributed by atoms with Crippen molar-refractivity contribution < 1.29 is 9.53 Å². The number of piperidine rings is 1. The number of hydrogen-bond acceptors (Lipinski definition) is 4.